The number of esters is 1. The van der Waals surface area contributed by atoms with Crippen LogP contribution in [0.2, 0.25) is 0 Å². The van der Waals surface area contributed by atoms with Crippen molar-refractivity contribution in [2.24, 2.45) is 0 Å². The van der Waals surface area contributed by atoms with E-state index in [1.165, 1.54) is 6.92 Å². The Bertz CT molecular complexity index is 685. The fourth-order valence-corrected chi connectivity index (χ4v) is 5.26. The molecule has 2 unspecified atom stereocenters. The maximum Gasteiger partial charge on any atom is 0.303 e. The van der Waals surface area contributed by atoms with Crippen molar-refractivity contribution in [1.29, 1.82) is 0 Å². The number of ether oxygens (including phenoxy) is 3. The average molecular weight is 410 g/mol. The first-order valence-electron chi connectivity index (χ1n) is 9.94. The number of rotatable bonds is 10. The van der Waals surface area contributed by atoms with Crippen molar-refractivity contribution < 1.29 is 28.1 Å². The first-order valence-corrected chi connectivity index (χ1v) is 12.2. The lowest BCUT2D eigenvalue weighted by Crippen LogP contribution is -2.46. The second kappa shape index (κ2) is 10.1. The van der Waals surface area contributed by atoms with E-state index < -0.39 is 25.2 Å². The van der Waals surface area contributed by atoms with Crippen molar-refractivity contribution in [3.63, 3.8) is 0 Å². The summed E-state index contributed by atoms with van der Waals surface area (Å²) in [5, 5.41) is 0. The molecule has 0 amide bonds. The van der Waals surface area contributed by atoms with Crippen LogP contribution in [0, 0.1) is 0 Å². The van der Waals surface area contributed by atoms with Crippen LogP contribution < -0.4 is 0 Å². The van der Waals surface area contributed by atoms with Crippen LogP contribution in [0.25, 0.3) is 0 Å². The molecule has 0 N–H and O–H groups in total. The van der Waals surface area contributed by atoms with Crippen LogP contribution in [0.3, 0.4) is 0 Å². The molecule has 1 heterocycles. The van der Waals surface area contributed by atoms with Gasteiger partial charge in [-0.15, -0.1) is 0 Å². The number of carbonyl (C=O) groups is 1. The summed E-state index contributed by atoms with van der Waals surface area (Å²) in [6.07, 6.45) is 0.599. The van der Waals surface area contributed by atoms with E-state index in [0.29, 0.717) is 32.2 Å². The van der Waals surface area contributed by atoms with E-state index in [1.54, 1.807) is 6.66 Å². The fourth-order valence-electron chi connectivity index (χ4n) is 3.80. The lowest BCUT2D eigenvalue weighted by Gasteiger charge is -2.35. The van der Waals surface area contributed by atoms with Gasteiger partial charge in [-0.2, -0.15) is 0 Å². The molecule has 1 saturated heterocycles. The van der Waals surface area contributed by atoms with Crippen LogP contribution in [-0.2, 0) is 34.7 Å². The fraction of sp³-hybridized carbons (Fsp3) is 0.650. The molecule has 0 saturated carbocycles. The Labute approximate surface area is 169 Å². The van der Waals surface area contributed by atoms with E-state index in [2.05, 4.69) is 0 Å². The second-order valence-electron chi connectivity index (χ2n) is 7.44. The monoisotopic (exact) mass is 410 g/mol. The Morgan fingerprint density at radius 3 is 2.54 bits per heavy atom. The molecule has 1 aromatic rings. The summed E-state index contributed by atoms with van der Waals surface area (Å²) < 4.78 is 36.2. The molecule has 2 rings (SSSR count). The standard InChI is InChI=1S/C20H32BO6P/c1-5-20(12-13-28(4,23)25-6-2)18(17(19(21)27-20)26-15(3)22)24-14-16-10-8-7-9-11-16/h7-11,17-19H,5-6,12-14,21H2,1-4H3/t17-,18?,19+,20-,28?/m0/s1. The lowest BCUT2D eigenvalue weighted by molar-refractivity contribution is -0.156. The summed E-state index contributed by atoms with van der Waals surface area (Å²) in [5.41, 5.74) is 0.348. The van der Waals surface area contributed by atoms with Crippen LogP contribution in [0.15, 0.2) is 30.3 Å². The van der Waals surface area contributed by atoms with Crippen LogP contribution in [-0.4, -0.2) is 57.1 Å². The SMILES string of the molecule is B[C@@H]1O[C@@](CC)(CCP(C)(=O)OCC)C(OCc2ccccc2)[C@@H]1OC(C)=O. The minimum atomic E-state index is -2.71. The molecule has 1 aliphatic rings. The minimum absolute atomic E-state index is 0.312. The Kier molecular flexibility index (Phi) is 8.32. The third kappa shape index (κ3) is 5.93. The molecular weight excluding hydrogens is 378 g/mol. The summed E-state index contributed by atoms with van der Waals surface area (Å²) >= 11 is 0. The molecular formula is C20H32BO6P. The molecule has 1 aliphatic heterocycles. The Morgan fingerprint density at radius 1 is 1.29 bits per heavy atom. The number of carbonyl (C=O) groups excluding carboxylic acids is 1. The predicted octanol–water partition coefficient (Wildman–Crippen LogP) is 2.98. The number of hydrogen-bond acceptors (Lipinski definition) is 6. The quantitative estimate of drug-likeness (QED) is 0.336. The highest BCUT2D eigenvalue weighted by atomic mass is 31.2. The van der Waals surface area contributed by atoms with Gasteiger partial charge in [-0.1, -0.05) is 37.3 Å². The van der Waals surface area contributed by atoms with Gasteiger partial charge in [-0.25, -0.2) is 0 Å². The zero-order chi connectivity index (χ0) is 20.8. The van der Waals surface area contributed by atoms with Crippen LogP contribution in [0.5, 0.6) is 0 Å². The summed E-state index contributed by atoms with van der Waals surface area (Å²) in [4.78, 5) is 11.7. The summed E-state index contributed by atoms with van der Waals surface area (Å²) in [6.45, 7) is 7.69. The van der Waals surface area contributed by atoms with Crippen molar-refractivity contribution in [1.82, 2.24) is 0 Å². The molecule has 1 fully saturated rings. The molecule has 0 radical (unpaired) electrons. The maximum absolute atomic E-state index is 12.7. The number of benzene rings is 1. The van der Waals surface area contributed by atoms with Gasteiger partial charge in [-0.05, 0) is 25.3 Å². The van der Waals surface area contributed by atoms with Gasteiger partial charge in [0.15, 0.2) is 7.37 Å². The number of hydrogen-bond donors (Lipinski definition) is 0. The molecule has 156 valence electrons. The van der Waals surface area contributed by atoms with E-state index in [4.69, 9.17) is 18.7 Å². The van der Waals surface area contributed by atoms with E-state index in [-0.39, 0.29) is 12.0 Å². The molecule has 0 aromatic heterocycles. The molecule has 6 nitrogen and oxygen atoms in total. The molecule has 0 spiro atoms. The Balaban J connectivity index is 2.23. The highest BCUT2D eigenvalue weighted by Gasteiger charge is 2.55. The van der Waals surface area contributed by atoms with Crippen LogP contribution >= 0.6 is 7.37 Å². The second-order valence-corrected chi connectivity index (χ2v) is 10.2. The highest BCUT2D eigenvalue weighted by molar-refractivity contribution is 7.58. The topological polar surface area (TPSA) is 71.1 Å². The molecule has 0 bridgehead atoms. The first kappa shape index (κ1) is 23.1. The third-order valence-corrected chi connectivity index (χ3v) is 7.06. The van der Waals surface area contributed by atoms with Crippen molar-refractivity contribution >= 4 is 21.2 Å². The molecule has 1 aromatic carbocycles. The van der Waals surface area contributed by atoms with Crippen LogP contribution in [0.1, 0.15) is 39.2 Å². The lowest BCUT2D eigenvalue weighted by atomic mass is 9.86. The van der Waals surface area contributed by atoms with Crippen molar-refractivity contribution in [2.45, 2.75) is 64.0 Å². The molecule has 0 aliphatic carbocycles. The van der Waals surface area contributed by atoms with E-state index >= 15 is 0 Å². The van der Waals surface area contributed by atoms with Gasteiger partial charge < -0.3 is 18.7 Å². The summed E-state index contributed by atoms with van der Waals surface area (Å²) in [6, 6.07) is 9.53. The third-order valence-electron chi connectivity index (χ3n) is 5.22. The van der Waals surface area contributed by atoms with E-state index in [1.807, 2.05) is 52.0 Å². The van der Waals surface area contributed by atoms with E-state index in [9.17, 15) is 9.36 Å². The van der Waals surface area contributed by atoms with E-state index in [0.717, 1.165) is 5.56 Å². The summed E-state index contributed by atoms with van der Waals surface area (Å²) in [7, 11) is -0.828. The average Bonchev–Trinajstić information content (AvgIpc) is 2.90. The molecule has 28 heavy (non-hydrogen) atoms. The Morgan fingerprint density at radius 2 is 1.96 bits per heavy atom. The zero-order valence-electron chi connectivity index (χ0n) is 17.6. The zero-order valence-corrected chi connectivity index (χ0v) is 18.4. The van der Waals surface area contributed by atoms with Crippen molar-refractivity contribution in [3.05, 3.63) is 35.9 Å². The normalized spacial score (nSPS) is 29.4. The Hall–Kier alpha value is -1.14. The molecule has 8 heteroatoms. The van der Waals surface area contributed by atoms with Gasteiger partial charge in [0.1, 0.15) is 20.1 Å². The molecule has 5 atom stereocenters. The van der Waals surface area contributed by atoms with Gasteiger partial charge >= 0.3 is 5.97 Å². The van der Waals surface area contributed by atoms with Crippen molar-refractivity contribution in [2.75, 3.05) is 19.4 Å². The predicted molar refractivity (Wildman–Crippen MR) is 112 cm³/mol. The van der Waals surface area contributed by atoms with Gasteiger partial charge in [-0.3, -0.25) is 9.36 Å². The highest BCUT2D eigenvalue weighted by Crippen LogP contribution is 2.48. The van der Waals surface area contributed by atoms with Gasteiger partial charge in [0.25, 0.3) is 0 Å². The van der Waals surface area contributed by atoms with Crippen LogP contribution in [0.4, 0.5) is 0 Å². The largest absolute Gasteiger partial charge is 0.458 e. The summed E-state index contributed by atoms with van der Waals surface area (Å²) in [5.74, 6) is -0.365. The van der Waals surface area contributed by atoms with Gasteiger partial charge in [0.2, 0.25) is 0 Å². The minimum Gasteiger partial charge on any atom is -0.458 e. The first-order chi connectivity index (χ1) is 13.2. The maximum atomic E-state index is 12.7. The smallest absolute Gasteiger partial charge is 0.303 e. The van der Waals surface area contributed by atoms with Crippen molar-refractivity contribution in [3.8, 4) is 0 Å². The van der Waals surface area contributed by atoms with Gasteiger partial charge in [0.05, 0.1) is 24.8 Å². The van der Waals surface area contributed by atoms with Gasteiger partial charge in [0, 0.05) is 19.8 Å².